The van der Waals surface area contributed by atoms with E-state index in [1.54, 1.807) is 11.9 Å². The molecule has 1 aliphatic rings. The highest BCUT2D eigenvalue weighted by Crippen LogP contribution is 2.42. The predicted molar refractivity (Wildman–Crippen MR) is 91.8 cm³/mol. The Labute approximate surface area is 132 Å². The number of ether oxygens (including phenoxy) is 1. The summed E-state index contributed by atoms with van der Waals surface area (Å²) in [6, 6.07) is 9.93. The molecule has 0 radical (unpaired) electrons. The van der Waals surface area contributed by atoms with E-state index in [1.165, 1.54) is 5.57 Å². The van der Waals surface area contributed by atoms with Gasteiger partial charge in [-0.2, -0.15) is 0 Å². The molecule has 114 valence electrons. The maximum Gasteiger partial charge on any atom is 0.207 e. The normalized spacial score (nSPS) is 15.9. The lowest BCUT2D eigenvalue weighted by atomic mass is 9.72. The van der Waals surface area contributed by atoms with E-state index >= 15 is 0 Å². The van der Waals surface area contributed by atoms with Gasteiger partial charge in [-0.1, -0.05) is 52.8 Å². The molecule has 1 N–H and O–H groups in total. The minimum Gasteiger partial charge on any atom is -0.440 e. The standard InChI is InChI=1S/C18H25NOS/c1-17(2,3)13-18(4,5)15-11-12-21-19-16(15)20-14-9-7-6-8-10-14/h6-12,19H,13H2,1-5H3. The summed E-state index contributed by atoms with van der Waals surface area (Å²) in [5, 5.41) is 2.08. The van der Waals surface area contributed by atoms with Crippen LogP contribution in [0.4, 0.5) is 0 Å². The third-order valence-electron chi connectivity index (χ3n) is 3.36. The van der Waals surface area contributed by atoms with E-state index in [1.807, 2.05) is 30.3 Å². The number of nitrogens with one attached hydrogen (secondary N) is 1. The van der Waals surface area contributed by atoms with Gasteiger partial charge in [0.1, 0.15) is 5.75 Å². The Morgan fingerprint density at radius 2 is 1.71 bits per heavy atom. The van der Waals surface area contributed by atoms with Gasteiger partial charge in [-0.05, 0) is 52.8 Å². The van der Waals surface area contributed by atoms with Crippen LogP contribution in [-0.2, 0) is 0 Å². The molecule has 0 saturated heterocycles. The molecule has 0 bridgehead atoms. The van der Waals surface area contributed by atoms with Crippen LogP contribution in [0.5, 0.6) is 5.75 Å². The molecule has 1 heterocycles. The molecule has 0 aliphatic carbocycles. The Kier molecular flexibility index (Phi) is 4.72. The van der Waals surface area contributed by atoms with E-state index in [2.05, 4.69) is 50.8 Å². The first-order chi connectivity index (χ1) is 9.78. The number of rotatable bonds is 4. The van der Waals surface area contributed by atoms with Crippen molar-refractivity contribution in [3.8, 4) is 5.75 Å². The third kappa shape index (κ3) is 4.57. The van der Waals surface area contributed by atoms with Crippen LogP contribution in [0.2, 0.25) is 0 Å². The van der Waals surface area contributed by atoms with Crippen molar-refractivity contribution >= 4 is 11.9 Å². The minimum atomic E-state index is 0.0485. The molecule has 21 heavy (non-hydrogen) atoms. The lowest BCUT2D eigenvalue weighted by molar-refractivity contribution is 0.244. The SMILES string of the molecule is CC(C)(C)CC(C)(C)C1=C(Oc2ccccc2)NSC=C1. The van der Waals surface area contributed by atoms with Crippen molar-refractivity contribution < 1.29 is 4.74 Å². The topological polar surface area (TPSA) is 21.3 Å². The molecule has 0 unspecified atom stereocenters. The van der Waals surface area contributed by atoms with E-state index in [0.717, 1.165) is 18.1 Å². The van der Waals surface area contributed by atoms with E-state index in [-0.39, 0.29) is 10.8 Å². The van der Waals surface area contributed by atoms with Gasteiger partial charge in [-0.3, -0.25) is 4.72 Å². The first kappa shape index (κ1) is 16.0. The quantitative estimate of drug-likeness (QED) is 0.742. The monoisotopic (exact) mass is 303 g/mol. The van der Waals surface area contributed by atoms with Crippen molar-refractivity contribution in [2.45, 2.75) is 41.0 Å². The van der Waals surface area contributed by atoms with E-state index < -0.39 is 0 Å². The number of hydrogen-bond acceptors (Lipinski definition) is 3. The Hall–Kier alpha value is -1.35. The first-order valence-corrected chi connectivity index (χ1v) is 8.22. The third-order valence-corrected chi connectivity index (χ3v) is 3.94. The van der Waals surface area contributed by atoms with Gasteiger partial charge in [0.05, 0.1) is 0 Å². The molecule has 0 spiro atoms. The molecule has 3 heteroatoms. The molecule has 0 saturated carbocycles. The fourth-order valence-electron chi connectivity index (χ4n) is 2.96. The fourth-order valence-corrected chi connectivity index (χ4v) is 3.49. The zero-order chi connectivity index (χ0) is 15.5. The van der Waals surface area contributed by atoms with Gasteiger partial charge >= 0.3 is 0 Å². The van der Waals surface area contributed by atoms with E-state index in [4.69, 9.17) is 4.74 Å². The Morgan fingerprint density at radius 1 is 1.05 bits per heavy atom. The highest BCUT2D eigenvalue weighted by Gasteiger charge is 2.32. The van der Waals surface area contributed by atoms with Crippen LogP contribution in [0.15, 0.2) is 53.3 Å². The number of hydrogen-bond donors (Lipinski definition) is 1. The van der Waals surface area contributed by atoms with Gasteiger partial charge in [0.25, 0.3) is 0 Å². The van der Waals surface area contributed by atoms with E-state index in [0.29, 0.717) is 0 Å². The summed E-state index contributed by atoms with van der Waals surface area (Å²) in [5.74, 6) is 1.71. The predicted octanol–water partition coefficient (Wildman–Crippen LogP) is 5.50. The molecule has 1 aromatic rings. The molecular formula is C18H25NOS. The van der Waals surface area contributed by atoms with E-state index in [9.17, 15) is 0 Å². The second kappa shape index (κ2) is 6.18. The fraction of sp³-hybridized carbons (Fsp3) is 0.444. The van der Waals surface area contributed by atoms with Crippen LogP contribution in [0.1, 0.15) is 41.0 Å². The lowest BCUT2D eigenvalue weighted by Gasteiger charge is -2.35. The Balaban J connectivity index is 2.30. The maximum atomic E-state index is 6.07. The zero-order valence-corrected chi connectivity index (χ0v) is 14.4. The molecule has 1 aromatic carbocycles. The second-order valence-corrected chi connectivity index (χ2v) is 8.01. The van der Waals surface area contributed by atoms with Crippen molar-refractivity contribution in [2.75, 3.05) is 0 Å². The molecule has 0 amide bonds. The van der Waals surface area contributed by atoms with Crippen LogP contribution in [-0.4, -0.2) is 0 Å². The van der Waals surface area contributed by atoms with Crippen LogP contribution < -0.4 is 9.46 Å². The van der Waals surface area contributed by atoms with Crippen molar-refractivity contribution in [1.29, 1.82) is 0 Å². The minimum absolute atomic E-state index is 0.0485. The molecule has 0 aromatic heterocycles. The molecule has 1 aliphatic heterocycles. The highest BCUT2D eigenvalue weighted by atomic mass is 32.2. The number of benzene rings is 1. The summed E-state index contributed by atoms with van der Waals surface area (Å²) in [6.07, 6.45) is 3.26. The van der Waals surface area contributed by atoms with Crippen LogP contribution in [0.25, 0.3) is 0 Å². The van der Waals surface area contributed by atoms with Gasteiger partial charge in [0, 0.05) is 5.57 Å². The summed E-state index contributed by atoms with van der Waals surface area (Å²) in [6.45, 7) is 11.4. The van der Waals surface area contributed by atoms with Crippen LogP contribution in [0.3, 0.4) is 0 Å². The lowest BCUT2D eigenvalue weighted by Crippen LogP contribution is -2.27. The molecule has 2 nitrogen and oxygen atoms in total. The summed E-state index contributed by atoms with van der Waals surface area (Å²) >= 11 is 1.55. The summed E-state index contributed by atoms with van der Waals surface area (Å²) < 4.78 is 9.36. The first-order valence-electron chi connectivity index (χ1n) is 7.34. The summed E-state index contributed by atoms with van der Waals surface area (Å²) in [5.41, 5.74) is 1.54. The van der Waals surface area contributed by atoms with Gasteiger partial charge in [0.15, 0.2) is 0 Å². The van der Waals surface area contributed by atoms with Crippen molar-refractivity contribution in [3.05, 3.63) is 53.3 Å². The molecule has 0 fully saturated rings. The van der Waals surface area contributed by atoms with Gasteiger partial charge in [-0.25, -0.2) is 0 Å². The Bertz CT molecular complexity index is 538. The van der Waals surface area contributed by atoms with Crippen LogP contribution >= 0.6 is 11.9 Å². The summed E-state index contributed by atoms with van der Waals surface area (Å²) in [4.78, 5) is 0. The number of allylic oxidation sites excluding steroid dienone is 2. The van der Waals surface area contributed by atoms with Crippen molar-refractivity contribution in [1.82, 2.24) is 4.72 Å². The molecule has 0 atom stereocenters. The van der Waals surface area contributed by atoms with Crippen molar-refractivity contribution in [2.24, 2.45) is 10.8 Å². The zero-order valence-electron chi connectivity index (χ0n) is 13.6. The number of para-hydroxylation sites is 1. The van der Waals surface area contributed by atoms with Crippen molar-refractivity contribution in [3.63, 3.8) is 0 Å². The molecular weight excluding hydrogens is 278 g/mol. The average molecular weight is 303 g/mol. The second-order valence-electron chi connectivity index (χ2n) is 7.30. The average Bonchev–Trinajstić information content (AvgIpc) is 2.37. The van der Waals surface area contributed by atoms with Gasteiger partial charge in [0.2, 0.25) is 5.88 Å². The van der Waals surface area contributed by atoms with Gasteiger partial charge < -0.3 is 4.74 Å². The smallest absolute Gasteiger partial charge is 0.207 e. The Morgan fingerprint density at radius 3 is 2.33 bits per heavy atom. The molecule has 2 rings (SSSR count). The van der Waals surface area contributed by atoms with Gasteiger partial charge in [-0.15, -0.1) is 0 Å². The summed E-state index contributed by atoms with van der Waals surface area (Å²) in [7, 11) is 0. The van der Waals surface area contributed by atoms with Crippen LogP contribution in [0, 0.1) is 10.8 Å². The largest absolute Gasteiger partial charge is 0.440 e. The highest BCUT2D eigenvalue weighted by molar-refractivity contribution is 8.00. The maximum absolute atomic E-state index is 6.07.